The van der Waals surface area contributed by atoms with E-state index >= 15 is 8.78 Å². The number of carbonyl (C=O) groups is 3. The molecule has 2 aliphatic carbocycles. The number of carbonyl (C=O) groups excluding carboxylic acids is 3. The standard InChI is InChI=1S/C45H41ClF10N7O12PS2/c1-42(2,78(3,72)73)12-11-25-7-8-26(27-9-10-30(46)37-32(59-62(39(27)37)20-43(49,50)51)18-63(77(70)71)34(65)5-4-6-35(66)74-21-75-76(67,68)69)38(57-25)31(15-22-13-23(47)16-24(48)14-22)58-33(64)19-61-41-36(40(60-61)45(54,55)56)28-17-29(28)44(41,52)53/h7-10,13-14,16,28-29,31H,4-6,15,17-21H2,1-3H3,(H,58,64)(H,70,71)(H2,67,68,69)/t28-,29+,31?/m0/s1. The lowest BCUT2D eigenvalue weighted by molar-refractivity contribution is -0.151. The minimum absolute atomic E-state index is 0.179. The maximum atomic E-state index is 15.6. The van der Waals surface area contributed by atoms with Crippen LogP contribution in [0.4, 0.5) is 43.9 Å². The van der Waals surface area contributed by atoms with Crippen LogP contribution in [0.2, 0.25) is 5.02 Å². The van der Waals surface area contributed by atoms with Crippen LogP contribution in [-0.2, 0) is 87.5 Å². The van der Waals surface area contributed by atoms with Gasteiger partial charge >= 0.3 is 26.1 Å². The predicted molar refractivity (Wildman–Crippen MR) is 252 cm³/mol. The van der Waals surface area contributed by atoms with Crippen LogP contribution in [-0.4, -0.2) is 97.6 Å². The van der Waals surface area contributed by atoms with Gasteiger partial charge in [0.25, 0.3) is 17.2 Å². The third-order valence-corrected chi connectivity index (χ3v) is 15.8. The zero-order valence-electron chi connectivity index (χ0n) is 40.3. The van der Waals surface area contributed by atoms with Crippen LogP contribution in [0, 0.1) is 29.4 Å². The van der Waals surface area contributed by atoms with Crippen molar-refractivity contribution in [3.63, 3.8) is 0 Å². The van der Waals surface area contributed by atoms with Crippen LogP contribution >= 0.6 is 19.4 Å². The van der Waals surface area contributed by atoms with Crippen molar-refractivity contribution >= 4 is 69.2 Å². The van der Waals surface area contributed by atoms with E-state index in [0.717, 1.165) is 42.7 Å². The monoisotopic (exact) mass is 1190 g/mol. The van der Waals surface area contributed by atoms with Crippen molar-refractivity contribution in [2.45, 2.75) is 101 Å². The number of esters is 1. The lowest BCUT2D eigenvalue weighted by Gasteiger charge is -2.23. The molecule has 422 valence electrons. The van der Waals surface area contributed by atoms with Gasteiger partial charge in [-0.15, -0.1) is 0 Å². The topological polar surface area (TPSA) is 262 Å². The molecule has 2 aliphatic rings. The summed E-state index contributed by atoms with van der Waals surface area (Å²) in [6, 6.07) is 4.79. The molecule has 0 aliphatic heterocycles. The first-order chi connectivity index (χ1) is 36.0. The Labute approximate surface area is 442 Å². The van der Waals surface area contributed by atoms with Gasteiger partial charge < -0.3 is 19.8 Å². The number of nitrogens with one attached hydrogen (secondary N) is 1. The van der Waals surface area contributed by atoms with Crippen LogP contribution in [0.25, 0.3) is 22.0 Å². The van der Waals surface area contributed by atoms with Crippen LogP contribution < -0.4 is 5.32 Å². The van der Waals surface area contributed by atoms with Crippen molar-refractivity contribution in [3.05, 3.63) is 98.7 Å². The van der Waals surface area contributed by atoms with E-state index in [9.17, 15) is 71.3 Å². The normalized spacial score (nSPS) is 16.9. The molecule has 3 aromatic heterocycles. The first-order valence-electron chi connectivity index (χ1n) is 22.5. The van der Waals surface area contributed by atoms with Gasteiger partial charge in [0.15, 0.2) is 15.5 Å². The predicted octanol–water partition coefficient (Wildman–Crippen LogP) is 7.54. The lowest BCUT2D eigenvalue weighted by Crippen LogP contribution is -2.35. The van der Waals surface area contributed by atoms with Gasteiger partial charge in [0.05, 0.1) is 34.5 Å². The first-order valence-corrected chi connectivity index (χ1v) is 27.4. The highest BCUT2D eigenvalue weighted by molar-refractivity contribution is 7.92. The maximum absolute atomic E-state index is 15.6. The fourth-order valence-corrected chi connectivity index (χ4v) is 9.76. The number of phosphoric ester groups is 1. The van der Waals surface area contributed by atoms with E-state index in [1.165, 1.54) is 13.8 Å². The molecule has 4 N–H and O–H groups in total. The Morgan fingerprint density at radius 1 is 1.01 bits per heavy atom. The number of nitrogens with zero attached hydrogens (tertiary/aromatic N) is 6. The highest BCUT2D eigenvalue weighted by Gasteiger charge is 2.68. The number of aromatic nitrogens is 5. The number of fused-ring (bicyclic) bond motifs is 4. The molecule has 33 heteroatoms. The largest absolute Gasteiger partial charge is 0.472 e. The second-order valence-corrected chi connectivity index (χ2v) is 23.5. The van der Waals surface area contributed by atoms with E-state index in [4.69, 9.17) is 21.4 Å². The summed E-state index contributed by atoms with van der Waals surface area (Å²) in [7, 11) is -8.95. The highest BCUT2D eigenvalue weighted by atomic mass is 35.5. The number of hydrogen-bond donors (Lipinski definition) is 4. The van der Waals surface area contributed by atoms with E-state index < -0.39 is 191 Å². The van der Waals surface area contributed by atoms with Gasteiger partial charge in [0.1, 0.15) is 40.9 Å². The summed E-state index contributed by atoms with van der Waals surface area (Å²) in [4.78, 5) is 61.6. The van der Waals surface area contributed by atoms with Crippen molar-refractivity contribution in [1.29, 1.82) is 0 Å². The molecule has 0 saturated heterocycles. The third kappa shape index (κ3) is 13.5. The number of hydrogen-bond acceptors (Lipinski definition) is 12. The number of halogens is 11. The van der Waals surface area contributed by atoms with Crippen molar-refractivity contribution in [2.75, 3.05) is 13.0 Å². The van der Waals surface area contributed by atoms with Crippen molar-refractivity contribution in [1.82, 2.24) is 34.2 Å². The summed E-state index contributed by atoms with van der Waals surface area (Å²) in [6.45, 7) is -3.03. The highest BCUT2D eigenvalue weighted by Crippen LogP contribution is 2.68. The van der Waals surface area contributed by atoms with Gasteiger partial charge in [0.2, 0.25) is 18.6 Å². The van der Waals surface area contributed by atoms with Crippen molar-refractivity contribution < 1.29 is 99.1 Å². The number of rotatable bonds is 19. The quantitative estimate of drug-likeness (QED) is 0.0155. The van der Waals surface area contributed by atoms with Crippen molar-refractivity contribution in [3.8, 4) is 23.0 Å². The Kier molecular flexibility index (Phi) is 16.8. The Balaban J connectivity index is 1.37. The fourth-order valence-electron chi connectivity index (χ4n) is 8.57. The van der Waals surface area contributed by atoms with Gasteiger partial charge in [0, 0.05) is 53.2 Å². The minimum Gasteiger partial charge on any atom is -0.438 e. The molecule has 0 bridgehead atoms. The summed E-state index contributed by atoms with van der Waals surface area (Å²) < 4.78 is 214. The smallest absolute Gasteiger partial charge is 0.438 e. The Morgan fingerprint density at radius 2 is 1.67 bits per heavy atom. The van der Waals surface area contributed by atoms with Crippen LogP contribution in [0.3, 0.4) is 0 Å². The molecule has 5 aromatic rings. The van der Waals surface area contributed by atoms with Gasteiger partial charge in [-0.3, -0.25) is 28.3 Å². The van der Waals surface area contributed by atoms with Gasteiger partial charge in [-0.1, -0.05) is 23.6 Å². The number of pyridine rings is 1. The van der Waals surface area contributed by atoms with E-state index in [0.29, 0.717) is 10.7 Å². The second kappa shape index (κ2) is 21.9. The first kappa shape index (κ1) is 59.7. The number of ether oxygens (including phenoxy) is 1. The summed E-state index contributed by atoms with van der Waals surface area (Å²) in [5, 5.41) is 9.03. The second-order valence-electron chi connectivity index (χ2n) is 18.4. The number of alkyl halides is 8. The van der Waals surface area contributed by atoms with E-state index in [2.05, 4.69) is 41.6 Å². The number of benzene rings is 2. The number of sulfone groups is 1. The molecule has 1 saturated carbocycles. The molecule has 2 unspecified atom stereocenters. The molecular weight excluding hydrogens is 1150 g/mol. The minimum atomic E-state index is -5.24. The van der Waals surface area contributed by atoms with E-state index in [-0.39, 0.29) is 42.8 Å². The number of amides is 2. The summed E-state index contributed by atoms with van der Waals surface area (Å²) in [5.74, 6) is -7.48. The summed E-state index contributed by atoms with van der Waals surface area (Å²) in [6.07, 6.45) is -12.2. The average molecular weight is 1190 g/mol. The molecule has 1 fully saturated rings. The molecule has 0 spiro atoms. The fraction of sp³-hybridized carbons (Fsp3) is 0.422. The zero-order valence-corrected chi connectivity index (χ0v) is 43.5. The van der Waals surface area contributed by atoms with Gasteiger partial charge in [-0.25, -0.2) is 39.8 Å². The van der Waals surface area contributed by atoms with Crippen LogP contribution in [0.1, 0.15) is 91.1 Å². The van der Waals surface area contributed by atoms with E-state index in [1.807, 2.05) is 0 Å². The van der Waals surface area contributed by atoms with Gasteiger partial charge in [-0.2, -0.15) is 45.3 Å². The zero-order chi connectivity index (χ0) is 57.8. The molecule has 19 nitrogen and oxygen atoms in total. The molecule has 4 atom stereocenters. The maximum Gasteiger partial charge on any atom is 0.472 e. The molecule has 2 amide bonds. The van der Waals surface area contributed by atoms with E-state index in [1.54, 1.807) is 0 Å². The summed E-state index contributed by atoms with van der Waals surface area (Å²) in [5.41, 5.74) is -6.35. The SMILES string of the molecule is CC(C)(C#Cc1ccc(-c2ccc(Cl)c3c(CN(C(=O)CCCC(=O)OCOP(=O)(O)O)S(=O)O)nn(CC(F)(F)F)c23)c(C(Cc2cc(F)cc(F)c2)NC(=O)Cn2nc(C(F)(F)F)c3c2C(F)(F)[C@@H]2C[C@H]32)n1)S(C)(=O)=O. The Bertz CT molecular complexity index is 3470. The molecule has 3 heterocycles. The van der Waals surface area contributed by atoms with Crippen LogP contribution in [0.5, 0.6) is 0 Å². The molecule has 7 rings (SSSR count). The number of phosphoric acid groups is 1. The third-order valence-electron chi connectivity index (χ3n) is 12.4. The molecule has 78 heavy (non-hydrogen) atoms. The van der Waals surface area contributed by atoms with Gasteiger partial charge in [-0.05, 0) is 80.8 Å². The van der Waals surface area contributed by atoms with Crippen molar-refractivity contribution in [2.24, 2.45) is 5.92 Å². The Hall–Kier alpha value is -6.00. The molecular formula is C45H41ClF10N7O12PS2. The summed E-state index contributed by atoms with van der Waals surface area (Å²) >= 11 is 3.39. The van der Waals surface area contributed by atoms with Crippen LogP contribution in [0.15, 0.2) is 42.5 Å². The molecule has 2 aromatic carbocycles. The lowest BCUT2D eigenvalue weighted by atomic mass is 9.93. The molecule has 0 radical (unpaired) electrons. The Morgan fingerprint density at radius 3 is 2.27 bits per heavy atom. The average Bonchev–Trinajstić information content (AvgIpc) is 3.54.